The number of hydrogen-bond acceptors (Lipinski definition) is 4. The molecule has 0 spiro atoms. The van der Waals surface area contributed by atoms with Crippen molar-refractivity contribution in [1.29, 1.82) is 0 Å². The van der Waals surface area contributed by atoms with Crippen molar-refractivity contribution in [3.63, 3.8) is 0 Å². The Morgan fingerprint density at radius 3 is 1.24 bits per heavy atom. The Hall–Kier alpha value is -3.28. The first-order chi connectivity index (χ1) is 17.8. The number of likely N-dealkylation sites (N-methyl/N-ethyl adjacent to an activating group) is 1. The molecule has 0 aromatic heterocycles. The lowest BCUT2D eigenvalue weighted by Crippen LogP contribution is -2.60. The lowest BCUT2D eigenvalue weighted by molar-refractivity contribution is -0.168. The van der Waals surface area contributed by atoms with E-state index in [9.17, 15) is 5.11 Å². The molecule has 0 bridgehead atoms. The molecule has 0 unspecified atom stereocenters. The lowest BCUT2D eigenvalue weighted by Gasteiger charge is -2.49. The minimum atomic E-state index is -1.48. The maximum atomic E-state index is 12.9. The summed E-state index contributed by atoms with van der Waals surface area (Å²) in [5, 5.41) is 12.9. The van der Waals surface area contributed by atoms with Crippen molar-refractivity contribution in [1.82, 2.24) is 4.90 Å². The van der Waals surface area contributed by atoms with Gasteiger partial charge in [-0.25, -0.2) is 0 Å². The van der Waals surface area contributed by atoms with Crippen LogP contribution in [0.15, 0.2) is 121 Å². The van der Waals surface area contributed by atoms with E-state index in [1.54, 1.807) is 0 Å². The van der Waals surface area contributed by atoms with Crippen molar-refractivity contribution >= 4 is 0 Å². The van der Waals surface area contributed by atoms with Crippen LogP contribution in [-0.4, -0.2) is 42.1 Å². The molecule has 4 aromatic carbocycles. The SMILES string of the molecule is CN(C)C(c1ccccc1)(c1ccccc1)[C@H]1OC(C)(C)O[C@@H]1C(O)(c1ccccc1)c1ccccc1. The Labute approximate surface area is 220 Å². The molecule has 0 aliphatic carbocycles. The van der Waals surface area contributed by atoms with Gasteiger partial charge >= 0.3 is 0 Å². The van der Waals surface area contributed by atoms with Gasteiger partial charge in [0.2, 0.25) is 0 Å². The molecule has 1 saturated heterocycles. The zero-order valence-corrected chi connectivity index (χ0v) is 21.9. The quantitative estimate of drug-likeness (QED) is 0.346. The maximum absolute atomic E-state index is 12.9. The molecule has 2 atom stereocenters. The molecule has 0 radical (unpaired) electrons. The average Bonchev–Trinajstić information content (AvgIpc) is 3.26. The maximum Gasteiger partial charge on any atom is 0.164 e. The predicted molar refractivity (Wildman–Crippen MR) is 147 cm³/mol. The summed E-state index contributed by atoms with van der Waals surface area (Å²) in [5.41, 5.74) is 1.39. The molecule has 1 N–H and O–H groups in total. The Bertz CT molecular complexity index is 1210. The van der Waals surface area contributed by atoms with Gasteiger partial charge in [0.25, 0.3) is 0 Å². The van der Waals surface area contributed by atoms with E-state index in [0.29, 0.717) is 0 Å². The fourth-order valence-corrected chi connectivity index (χ4v) is 5.90. The molecular weight excluding hydrogens is 458 g/mol. The van der Waals surface area contributed by atoms with Crippen LogP contribution >= 0.6 is 0 Å². The number of aliphatic hydroxyl groups is 1. The van der Waals surface area contributed by atoms with E-state index in [-0.39, 0.29) is 0 Å². The zero-order chi connectivity index (χ0) is 26.1. The Kier molecular flexibility index (Phi) is 6.78. The molecule has 37 heavy (non-hydrogen) atoms. The van der Waals surface area contributed by atoms with Gasteiger partial charge < -0.3 is 14.6 Å². The minimum absolute atomic E-state index is 0.576. The second-order valence-corrected chi connectivity index (χ2v) is 10.4. The highest BCUT2D eigenvalue weighted by molar-refractivity contribution is 5.45. The first-order valence-corrected chi connectivity index (χ1v) is 12.8. The van der Waals surface area contributed by atoms with Crippen molar-refractivity contribution in [2.24, 2.45) is 0 Å². The monoisotopic (exact) mass is 493 g/mol. The minimum Gasteiger partial charge on any atom is -0.378 e. The second kappa shape index (κ2) is 9.88. The van der Waals surface area contributed by atoms with Crippen LogP contribution in [0.4, 0.5) is 0 Å². The number of nitrogens with zero attached hydrogens (tertiary/aromatic N) is 1. The predicted octanol–water partition coefficient (Wildman–Crippen LogP) is 5.95. The molecule has 4 nitrogen and oxygen atoms in total. The van der Waals surface area contributed by atoms with Gasteiger partial charge in [-0.3, -0.25) is 4.90 Å². The number of benzene rings is 4. The van der Waals surface area contributed by atoms with Gasteiger partial charge in [0.15, 0.2) is 5.79 Å². The standard InChI is InChI=1S/C33H35NO3/c1-31(2)36-29(32(34(3)4,25-17-9-5-10-18-25)26-19-11-6-12-20-26)30(37-31)33(35,27-21-13-7-14-22-27)28-23-15-8-16-24-28/h5-24,29-30,35H,1-4H3/t29-,30-/m0/s1. The van der Waals surface area contributed by atoms with Gasteiger partial charge in [-0.2, -0.15) is 0 Å². The van der Waals surface area contributed by atoms with Gasteiger partial charge in [-0.1, -0.05) is 121 Å². The van der Waals surface area contributed by atoms with E-state index < -0.39 is 29.1 Å². The van der Waals surface area contributed by atoms with Crippen LogP contribution in [0.3, 0.4) is 0 Å². The summed E-state index contributed by atoms with van der Waals surface area (Å²) in [6.45, 7) is 3.85. The molecule has 4 aromatic rings. The van der Waals surface area contributed by atoms with Crippen molar-refractivity contribution in [2.45, 2.75) is 43.0 Å². The molecule has 190 valence electrons. The van der Waals surface area contributed by atoms with Gasteiger partial charge in [0, 0.05) is 0 Å². The third-order valence-electron chi connectivity index (χ3n) is 7.48. The summed E-state index contributed by atoms with van der Waals surface area (Å²) in [7, 11) is 4.13. The Morgan fingerprint density at radius 1 is 0.568 bits per heavy atom. The molecule has 1 aliphatic rings. The van der Waals surface area contributed by atoms with Gasteiger partial charge in [-0.15, -0.1) is 0 Å². The van der Waals surface area contributed by atoms with E-state index in [2.05, 4.69) is 43.3 Å². The lowest BCUT2D eigenvalue weighted by atomic mass is 9.69. The van der Waals surface area contributed by atoms with Crippen LogP contribution in [0.5, 0.6) is 0 Å². The van der Waals surface area contributed by atoms with E-state index in [0.717, 1.165) is 22.3 Å². The molecule has 1 aliphatic heterocycles. The number of rotatable bonds is 7. The van der Waals surface area contributed by atoms with Crippen LogP contribution < -0.4 is 0 Å². The highest BCUT2D eigenvalue weighted by atomic mass is 16.8. The fraction of sp³-hybridized carbons (Fsp3) is 0.273. The summed E-state index contributed by atoms with van der Waals surface area (Å²) < 4.78 is 13.6. The topological polar surface area (TPSA) is 41.9 Å². The summed E-state index contributed by atoms with van der Waals surface area (Å²) in [6, 6.07) is 40.3. The Morgan fingerprint density at radius 2 is 0.892 bits per heavy atom. The summed E-state index contributed by atoms with van der Waals surface area (Å²) in [4.78, 5) is 2.19. The fourth-order valence-electron chi connectivity index (χ4n) is 5.90. The van der Waals surface area contributed by atoms with Crippen LogP contribution in [0.2, 0.25) is 0 Å². The van der Waals surface area contributed by atoms with Gasteiger partial charge in [0.1, 0.15) is 23.3 Å². The van der Waals surface area contributed by atoms with Crippen molar-refractivity contribution < 1.29 is 14.6 Å². The first kappa shape index (κ1) is 25.4. The molecule has 4 heteroatoms. The largest absolute Gasteiger partial charge is 0.378 e. The Balaban J connectivity index is 1.82. The molecule has 5 rings (SSSR count). The number of ether oxygens (including phenoxy) is 2. The third-order valence-corrected chi connectivity index (χ3v) is 7.48. The van der Waals surface area contributed by atoms with E-state index >= 15 is 0 Å². The summed E-state index contributed by atoms with van der Waals surface area (Å²) >= 11 is 0. The zero-order valence-electron chi connectivity index (χ0n) is 21.9. The molecule has 0 saturated carbocycles. The smallest absolute Gasteiger partial charge is 0.164 e. The highest BCUT2D eigenvalue weighted by Crippen LogP contribution is 2.51. The van der Waals surface area contributed by atoms with Crippen molar-refractivity contribution in [2.75, 3.05) is 14.1 Å². The van der Waals surface area contributed by atoms with Crippen molar-refractivity contribution in [3.05, 3.63) is 144 Å². The van der Waals surface area contributed by atoms with Crippen LogP contribution in [0.1, 0.15) is 36.1 Å². The molecule has 0 amide bonds. The molecule has 1 fully saturated rings. The van der Waals surface area contributed by atoms with Gasteiger partial charge in [-0.05, 0) is 50.2 Å². The third kappa shape index (κ3) is 4.30. The first-order valence-electron chi connectivity index (χ1n) is 12.8. The van der Waals surface area contributed by atoms with Crippen LogP contribution in [0, 0.1) is 0 Å². The summed E-state index contributed by atoms with van der Waals surface area (Å²) in [6.07, 6.45) is -1.32. The van der Waals surface area contributed by atoms with Gasteiger partial charge in [0.05, 0.1) is 0 Å². The second-order valence-electron chi connectivity index (χ2n) is 10.4. The summed E-state index contributed by atoms with van der Waals surface area (Å²) in [5.74, 6) is -0.933. The average molecular weight is 494 g/mol. The highest BCUT2D eigenvalue weighted by Gasteiger charge is 2.62. The molecular formula is C33H35NO3. The van der Waals surface area contributed by atoms with Crippen LogP contribution in [0.25, 0.3) is 0 Å². The molecule has 1 heterocycles. The number of hydrogen-bond donors (Lipinski definition) is 1. The van der Waals surface area contributed by atoms with Crippen LogP contribution in [-0.2, 0) is 20.6 Å². The van der Waals surface area contributed by atoms with Crippen molar-refractivity contribution in [3.8, 4) is 0 Å². The van der Waals surface area contributed by atoms with E-state index in [4.69, 9.17) is 9.47 Å². The normalized spacial score (nSPS) is 19.7. The van der Waals surface area contributed by atoms with E-state index in [1.165, 1.54) is 0 Å². The van der Waals surface area contributed by atoms with E-state index in [1.807, 2.05) is 111 Å².